The Morgan fingerprint density at radius 3 is 1.90 bits per heavy atom. The molecule has 0 fully saturated rings. The molecule has 0 aliphatic carbocycles. The molecule has 30 heavy (non-hydrogen) atoms. The number of rotatable bonds is 18. The lowest BCUT2D eigenvalue weighted by molar-refractivity contribution is 0.254. The highest BCUT2D eigenvalue weighted by Gasteiger charge is 2.12. The van der Waals surface area contributed by atoms with E-state index in [0.717, 1.165) is 35.7 Å². The molecule has 1 aromatic rings. The Balaban J connectivity index is 2.40. The van der Waals surface area contributed by atoms with Gasteiger partial charge in [0, 0.05) is 43.7 Å². The van der Waals surface area contributed by atoms with Gasteiger partial charge in [-0.2, -0.15) is 0 Å². The van der Waals surface area contributed by atoms with Crippen molar-refractivity contribution >= 4 is 35.8 Å². The van der Waals surface area contributed by atoms with Gasteiger partial charge < -0.3 is 14.2 Å². The first-order chi connectivity index (χ1) is 14.6. The van der Waals surface area contributed by atoms with Crippen LogP contribution in [0.3, 0.4) is 0 Å². The largest absolute Gasteiger partial charge is 0.415 e. The molecule has 0 aliphatic rings. The summed E-state index contributed by atoms with van der Waals surface area (Å²) in [5, 5.41) is 1.56. The third-order valence-electron chi connectivity index (χ3n) is 5.55. The van der Waals surface area contributed by atoms with Crippen molar-refractivity contribution in [1.29, 1.82) is 0 Å². The van der Waals surface area contributed by atoms with E-state index in [1.165, 1.54) is 62.0 Å². The van der Waals surface area contributed by atoms with Crippen molar-refractivity contribution in [2.24, 2.45) is 0 Å². The molecule has 0 saturated carbocycles. The molecule has 5 heteroatoms. The summed E-state index contributed by atoms with van der Waals surface area (Å²) in [5.41, 5.74) is 2.84. The fourth-order valence-corrected chi connectivity index (χ4v) is 5.91. The van der Waals surface area contributed by atoms with E-state index in [2.05, 4.69) is 69.5 Å². The third kappa shape index (κ3) is 10.5. The Hall–Kier alpha value is -0.786. The molecule has 0 bridgehead atoms. The van der Waals surface area contributed by atoms with Crippen LogP contribution in [0.4, 0.5) is 11.4 Å². The molecule has 1 aromatic carbocycles. The summed E-state index contributed by atoms with van der Waals surface area (Å²) >= 11 is 0. The van der Waals surface area contributed by atoms with Crippen molar-refractivity contribution in [1.82, 2.24) is 0 Å². The highest BCUT2D eigenvalue weighted by molar-refractivity contribution is 6.55. The molecule has 0 atom stereocenters. The van der Waals surface area contributed by atoms with Gasteiger partial charge in [0.15, 0.2) is 0 Å². The molecular formula is C25H46N2OSi2. The predicted molar refractivity (Wildman–Crippen MR) is 138 cm³/mol. The highest BCUT2D eigenvalue weighted by atomic mass is 28.2. The highest BCUT2D eigenvalue weighted by Crippen LogP contribution is 2.21. The van der Waals surface area contributed by atoms with E-state index in [9.17, 15) is 0 Å². The Labute approximate surface area is 192 Å². The maximum Gasteiger partial charge on any atom is 0.230 e. The van der Waals surface area contributed by atoms with Crippen LogP contribution in [0.1, 0.15) is 80.1 Å². The molecule has 0 unspecified atom stereocenters. The lowest BCUT2D eigenvalue weighted by Crippen LogP contribution is -2.31. The zero-order valence-electron chi connectivity index (χ0n) is 20.6. The number of hydrogen-bond donors (Lipinski definition) is 0. The van der Waals surface area contributed by atoms with Crippen molar-refractivity contribution in [3.8, 4) is 0 Å². The van der Waals surface area contributed by atoms with E-state index in [-0.39, 0.29) is 0 Å². The minimum absolute atomic E-state index is 0.389. The van der Waals surface area contributed by atoms with Crippen LogP contribution in [0.15, 0.2) is 18.2 Å². The van der Waals surface area contributed by atoms with Crippen molar-refractivity contribution in [3.63, 3.8) is 0 Å². The number of hydrogen-bond acceptors (Lipinski definition) is 3. The molecule has 0 saturated heterocycles. The van der Waals surface area contributed by atoms with E-state index in [1.54, 1.807) is 5.19 Å². The standard InChI is InChI=1S/C25H46N2OSi2/c1-7-26(8-2)23-17-18-25(24(21-23)27(9-3)10-4)29-19-15-13-11-12-14-16-20-30-28-22(5)6/h17-18,21-22H,7-16,19-20H2,1-6H3. The van der Waals surface area contributed by atoms with Gasteiger partial charge in [-0.15, -0.1) is 0 Å². The number of benzene rings is 1. The van der Waals surface area contributed by atoms with E-state index in [4.69, 9.17) is 4.43 Å². The molecule has 0 aliphatic heterocycles. The zero-order chi connectivity index (χ0) is 22.2. The van der Waals surface area contributed by atoms with Crippen molar-refractivity contribution < 1.29 is 4.43 Å². The van der Waals surface area contributed by atoms with Gasteiger partial charge in [-0.05, 0) is 64.9 Å². The second kappa shape index (κ2) is 16.9. The van der Waals surface area contributed by atoms with E-state index in [0.29, 0.717) is 15.9 Å². The minimum atomic E-state index is 0.389. The molecule has 4 radical (unpaired) electrons. The molecule has 170 valence electrons. The summed E-state index contributed by atoms with van der Waals surface area (Å²) in [6.07, 6.45) is 8.62. The first-order valence-corrected chi connectivity index (χ1v) is 14.7. The van der Waals surface area contributed by atoms with Crippen molar-refractivity contribution in [2.75, 3.05) is 36.0 Å². The van der Waals surface area contributed by atoms with Crippen LogP contribution in [-0.4, -0.2) is 51.6 Å². The molecule has 0 aromatic heterocycles. The van der Waals surface area contributed by atoms with Gasteiger partial charge in [0.05, 0.1) is 9.52 Å². The first-order valence-electron chi connectivity index (χ1n) is 12.3. The van der Waals surface area contributed by atoms with Gasteiger partial charge in [0.2, 0.25) is 9.76 Å². The SMILES string of the molecule is CCN(CC)c1ccc([Si]CCCCCCCC[Si]OC(C)C)c(N(CC)CC)c1. The van der Waals surface area contributed by atoms with Crippen LogP contribution in [0.25, 0.3) is 0 Å². The van der Waals surface area contributed by atoms with Crippen LogP contribution < -0.4 is 15.0 Å². The van der Waals surface area contributed by atoms with Crippen LogP contribution in [0, 0.1) is 0 Å². The van der Waals surface area contributed by atoms with Gasteiger partial charge in [-0.1, -0.05) is 50.6 Å². The molecule has 0 heterocycles. The van der Waals surface area contributed by atoms with Gasteiger partial charge >= 0.3 is 0 Å². The fourth-order valence-electron chi connectivity index (χ4n) is 3.76. The van der Waals surface area contributed by atoms with Crippen molar-refractivity contribution in [3.05, 3.63) is 18.2 Å². The summed E-state index contributed by atoms with van der Waals surface area (Å²) in [7, 11) is 1.62. The molecular weight excluding hydrogens is 400 g/mol. The third-order valence-corrected chi connectivity index (χ3v) is 8.16. The minimum Gasteiger partial charge on any atom is -0.415 e. The lowest BCUT2D eigenvalue weighted by atomic mass is 10.1. The van der Waals surface area contributed by atoms with Crippen molar-refractivity contribution in [2.45, 2.75) is 98.3 Å². The van der Waals surface area contributed by atoms with Crippen LogP contribution >= 0.6 is 0 Å². The van der Waals surface area contributed by atoms with E-state index >= 15 is 0 Å². The van der Waals surface area contributed by atoms with E-state index < -0.39 is 0 Å². The number of nitrogens with zero attached hydrogens (tertiary/aromatic N) is 2. The van der Waals surface area contributed by atoms with Gasteiger partial charge in [0.1, 0.15) is 0 Å². The predicted octanol–water partition coefficient (Wildman–Crippen LogP) is 5.93. The quantitative estimate of drug-likeness (QED) is 0.205. The topological polar surface area (TPSA) is 15.7 Å². The Morgan fingerprint density at radius 2 is 1.33 bits per heavy atom. The summed E-state index contributed by atoms with van der Waals surface area (Å²) in [4.78, 5) is 4.98. The maximum atomic E-state index is 5.64. The molecule has 0 spiro atoms. The summed E-state index contributed by atoms with van der Waals surface area (Å²) in [6, 6.07) is 9.76. The van der Waals surface area contributed by atoms with E-state index in [1.807, 2.05) is 0 Å². The van der Waals surface area contributed by atoms with Crippen LogP contribution in [0.2, 0.25) is 12.1 Å². The van der Waals surface area contributed by atoms with Crippen LogP contribution in [0.5, 0.6) is 0 Å². The molecule has 3 nitrogen and oxygen atoms in total. The fraction of sp³-hybridized carbons (Fsp3) is 0.760. The summed E-state index contributed by atoms with van der Waals surface area (Å²) < 4.78 is 5.64. The first kappa shape index (κ1) is 27.2. The Morgan fingerprint density at radius 1 is 0.767 bits per heavy atom. The molecule has 0 amide bonds. The lowest BCUT2D eigenvalue weighted by Gasteiger charge is -2.28. The maximum absolute atomic E-state index is 5.64. The van der Waals surface area contributed by atoms with Gasteiger partial charge in [0.25, 0.3) is 0 Å². The monoisotopic (exact) mass is 446 g/mol. The number of unbranched alkanes of at least 4 members (excludes halogenated alkanes) is 5. The summed E-state index contributed by atoms with van der Waals surface area (Å²) in [5.74, 6) is 0. The molecule has 1 rings (SSSR count). The van der Waals surface area contributed by atoms with Crippen LogP contribution in [-0.2, 0) is 4.43 Å². The summed E-state index contributed by atoms with van der Waals surface area (Å²) in [6.45, 7) is 17.6. The average Bonchev–Trinajstić information content (AvgIpc) is 2.74. The van der Waals surface area contributed by atoms with Gasteiger partial charge in [-0.25, -0.2) is 0 Å². The Kier molecular flexibility index (Phi) is 15.3. The number of anilines is 2. The smallest absolute Gasteiger partial charge is 0.230 e. The zero-order valence-corrected chi connectivity index (χ0v) is 22.6. The second-order valence-corrected chi connectivity index (χ2v) is 10.6. The van der Waals surface area contributed by atoms with Gasteiger partial charge in [-0.3, -0.25) is 0 Å². The second-order valence-electron chi connectivity index (χ2n) is 8.16. The Bertz CT molecular complexity index is 546. The normalized spacial score (nSPS) is 11.3. The molecule has 0 N–H and O–H groups in total. The average molecular weight is 447 g/mol.